The third kappa shape index (κ3) is 2.46. The Bertz CT molecular complexity index is 811. The van der Waals surface area contributed by atoms with Crippen molar-refractivity contribution in [2.75, 3.05) is 5.73 Å². The van der Waals surface area contributed by atoms with Gasteiger partial charge in [0.05, 0.1) is 0 Å². The molecule has 3 rings (SSSR count). The Morgan fingerprint density at radius 2 is 1.42 bits per heavy atom. The number of hydrogen-bond acceptors (Lipinski definition) is 1. The van der Waals surface area contributed by atoms with Crippen LogP contribution in [0.25, 0.3) is 11.1 Å². The number of benzene rings is 2. The summed E-state index contributed by atoms with van der Waals surface area (Å²) in [6.45, 7) is 18.5. The molecule has 1 nitrogen and oxygen atoms in total. The van der Waals surface area contributed by atoms with Gasteiger partial charge in [0.15, 0.2) is 0 Å². The zero-order chi connectivity index (χ0) is 18.1. The number of nitrogen functional groups attached to an aromatic ring is 1. The van der Waals surface area contributed by atoms with Crippen LogP contribution in [0, 0.1) is 0 Å². The van der Waals surface area contributed by atoms with E-state index in [1.54, 1.807) is 0 Å². The zero-order valence-electron chi connectivity index (χ0n) is 16.5. The van der Waals surface area contributed by atoms with Gasteiger partial charge in [0.1, 0.15) is 0 Å². The third-order valence-corrected chi connectivity index (χ3v) is 5.47. The monoisotopic (exact) mass is 321 g/mol. The van der Waals surface area contributed by atoms with Crippen molar-refractivity contribution in [1.82, 2.24) is 0 Å². The summed E-state index contributed by atoms with van der Waals surface area (Å²) in [5, 5.41) is 0. The molecule has 0 saturated carbocycles. The third-order valence-electron chi connectivity index (χ3n) is 5.47. The maximum absolute atomic E-state index is 6.11. The van der Waals surface area contributed by atoms with Gasteiger partial charge < -0.3 is 5.73 Å². The highest BCUT2D eigenvalue weighted by Gasteiger charge is 2.39. The van der Waals surface area contributed by atoms with Gasteiger partial charge in [0.25, 0.3) is 0 Å². The molecule has 2 aromatic rings. The van der Waals surface area contributed by atoms with Gasteiger partial charge >= 0.3 is 0 Å². The molecule has 0 unspecified atom stereocenters. The summed E-state index contributed by atoms with van der Waals surface area (Å²) >= 11 is 0. The minimum Gasteiger partial charge on any atom is -0.399 e. The molecule has 0 aliphatic heterocycles. The van der Waals surface area contributed by atoms with Crippen LogP contribution in [0.2, 0.25) is 0 Å². The number of hydrogen-bond donors (Lipinski definition) is 1. The molecular weight excluding hydrogens is 290 g/mol. The smallest absolute Gasteiger partial charge is 0.0317 e. The van der Waals surface area contributed by atoms with E-state index in [1.807, 2.05) is 6.07 Å². The molecule has 24 heavy (non-hydrogen) atoms. The summed E-state index contributed by atoms with van der Waals surface area (Å²) in [7, 11) is 0. The molecule has 1 aliphatic carbocycles. The first kappa shape index (κ1) is 17.1. The summed E-state index contributed by atoms with van der Waals surface area (Å²) in [6.07, 6.45) is 0. The molecule has 0 saturated heterocycles. The fraction of sp³-hybridized carbons (Fsp3) is 0.478. The Kier molecular flexibility index (Phi) is 3.47. The Morgan fingerprint density at radius 1 is 0.792 bits per heavy atom. The standard InChI is InChI=1S/C23H31N/c1-21(2,3)14-11-18(22(4,5)6)20-16-10-9-15(24)13-17(16)23(7,8)19(20)12-14/h9-13H,24H2,1-8H3. The summed E-state index contributed by atoms with van der Waals surface area (Å²) < 4.78 is 0. The predicted molar refractivity (Wildman–Crippen MR) is 106 cm³/mol. The van der Waals surface area contributed by atoms with Gasteiger partial charge in [-0.3, -0.25) is 0 Å². The highest BCUT2D eigenvalue weighted by molar-refractivity contribution is 5.85. The first-order valence-electron chi connectivity index (χ1n) is 8.93. The highest BCUT2D eigenvalue weighted by atomic mass is 14.6. The number of fused-ring (bicyclic) bond motifs is 3. The molecule has 1 heteroatoms. The van der Waals surface area contributed by atoms with Gasteiger partial charge in [-0.2, -0.15) is 0 Å². The normalized spacial score (nSPS) is 16.0. The fourth-order valence-electron chi connectivity index (χ4n) is 3.89. The van der Waals surface area contributed by atoms with Crippen LogP contribution < -0.4 is 5.73 Å². The van der Waals surface area contributed by atoms with Crippen LogP contribution >= 0.6 is 0 Å². The van der Waals surface area contributed by atoms with Crippen LogP contribution in [0.5, 0.6) is 0 Å². The van der Waals surface area contributed by atoms with Gasteiger partial charge in [0, 0.05) is 11.1 Å². The molecule has 128 valence electrons. The van der Waals surface area contributed by atoms with Crippen molar-refractivity contribution in [3.63, 3.8) is 0 Å². The number of anilines is 1. The molecular formula is C23H31N. The van der Waals surface area contributed by atoms with Gasteiger partial charge in [-0.25, -0.2) is 0 Å². The minimum atomic E-state index is -0.0126. The van der Waals surface area contributed by atoms with E-state index >= 15 is 0 Å². The molecule has 2 N–H and O–H groups in total. The molecule has 0 bridgehead atoms. The fourth-order valence-corrected chi connectivity index (χ4v) is 3.89. The average molecular weight is 322 g/mol. The van der Waals surface area contributed by atoms with E-state index in [2.05, 4.69) is 79.7 Å². The zero-order valence-corrected chi connectivity index (χ0v) is 16.5. The summed E-state index contributed by atoms with van der Waals surface area (Å²) in [6, 6.07) is 11.3. The van der Waals surface area contributed by atoms with Gasteiger partial charge in [-0.05, 0) is 56.3 Å². The van der Waals surface area contributed by atoms with Crippen molar-refractivity contribution in [1.29, 1.82) is 0 Å². The van der Waals surface area contributed by atoms with Crippen molar-refractivity contribution in [2.24, 2.45) is 0 Å². The molecule has 0 spiro atoms. The molecule has 0 aromatic heterocycles. The van der Waals surface area contributed by atoms with Crippen LogP contribution in [0.15, 0.2) is 30.3 Å². The SMILES string of the molecule is CC(C)(C)c1cc(C(C)(C)C)c2c(c1)C(C)(C)c1cc(N)ccc1-2. The van der Waals surface area contributed by atoms with E-state index in [-0.39, 0.29) is 16.2 Å². The lowest BCUT2D eigenvalue weighted by Gasteiger charge is -2.30. The van der Waals surface area contributed by atoms with E-state index in [0.717, 1.165) is 5.69 Å². The Morgan fingerprint density at radius 3 is 1.96 bits per heavy atom. The van der Waals surface area contributed by atoms with E-state index in [9.17, 15) is 0 Å². The largest absolute Gasteiger partial charge is 0.399 e. The topological polar surface area (TPSA) is 26.0 Å². The second kappa shape index (κ2) is 4.88. The molecule has 1 aliphatic rings. The van der Waals surface area contributed by atoms with Gasteiger partial charge in [-0.1, -0.05) is 73.6 Å². The van der Waals surface area contributed by atoms with Crippen molar-refractivity contribution in [3.05, 3.63) is 52.6 Å². The minimum absolute atomic E-state index is 0.0126. The second-order valence-electron chi connectivity index (χ2n) is 9.88. The highest BCUT2D eigenvalue weighted by Crippen LogP contribution is 2.53. The molecule has 0 amide bonds. The quantitative estimate of drug-likeness (QED) is 0.577. The predicted octanol–water partition coefficient (Wildman–Crippen LogP) is 6.17. The van der Waals surface area contributed by atoms with Gasteiger partial charge in [-0.15, -0.1) is 0 Å². The molecule has 0 heterocycles. The number of nitrogens with two attached hydrogens (primary N) is 1. The van der Waals surface area contributed by atoms with E-state index in [4.69, 9.17) is 5.73 Å². The average Bonchev–Trinajstić information content (AvgIpc) is 2.64. The van der Waals surface area contributed by atoms with Crippen molar-refractivity contribution in [3.8, 4) is 11.1 Å². The van der Waals surface area contributed by atoms with Crippen LogP contribution in [-0.2, 0) is 16.2 Å². The van der Waals surface area contributed by atoms with Crippen LogP contribution in [-0.4, -0.2) is 0 Å². The van der Waals surface area contributed by atoms with Crippen molar-refractivity contribution < 1.29 is 0 Å². The first-order chi connectivity index (χ1) is 10.8. The molecule has 2 aromatic carbocycles. The lowest BCUT2D eigenvalue weighted by molar-refractivity contribution is 0.564. The molecule has 0 fully saturated rings. The van der Waals surface area contributed by atoms with Gasteiger partial charge in [0.2, 0.25) is 0 Å². The van der Waals surface area contributed by atoms with Crippen molar-refractivity contribution >= 4 is 5.69 Å². The molecule has 0 atom stereocenters. The Labute approximate surface area is 147 Å². The Balaban J connectivity index is 2.44. The first-order valence-corrected chi connectivity index (χ1v) is 8.93. The Hall–Kier alpha value is -1.76. The maximum Gasteiger partial charge on any atom is 0.0317 e. The summed E-state index contributed by atoms with van der Waals surface area (Å²) in [5.74, 6) is 0. The van der Waals surface area contributed by atoms with E-state index < -0.39 is 0 Å². The lowest BCUT2D eigenvalue weighted by Crippen LogP contribution is -2.21. The van der Waals surface area contributed by atoms with Crippen molar-refractivity contribution in [2.45, 2.75) is 71.6 Å². The number of rotatable bonds is 0. The van der Waals surface area contributed by atoms with E-state index in [0.29, 0.717) is 0 Å². The summed E-state index contributed by atoms with van der Waals surface area (Å²) in [4.78, 5) is 0. The van der Waals surface area contributed by atoms with E-state index in [1.165, 1.54) is 33.4 Å². The van der Waals surface area contributed by atoms with Crippen LogP contribution in [0.4, 0.5) is 5.69 Å². The van der Waals surface area contributed by atoms with Crippen LogP contribution in [0.3, 0.4) is 0 Å². The molecule has 0 radical (unpaired) electrons. The summed E-state index contributed by atoms with van der Waals surface area (Å²) in [5.41, 5.74) is 15.6. The lowest BCUT2D eigenvalue weighted by atomic mass is 9.74. The second-order valence-corrected chi connectivity index (χ2v) is 9.88. The maximum atomic E-state index is 6.11. The van der Waals surface area contributed by atoms with Crippen LogP contribution in [0.1, 0.15) is 77.6 Å².